The summed E-state index contributed by atoms with van der Waals surface area (Å²) in [5.74, 6) is 1.41. The van der Waals surface area contributed by atoms with Crippen molar-refractivity contribution in [1.29, 1.82) is 0 Å². The van der Waals surface area contributed by atoms with Crippen LogP contribution in [-0.4, -0.2) is 61.6 Å². The van der Waals surface area contributed by atoms with Crippen LogP contribution in [0.15, 0.2) is 0 Å². The zero-order valence-corrected chi connectivity index (χ0v) is 12.6. The highest BCUT2D eigenvalue weighted by molar-refractivity contribution is 5.76. The average Bonchev–Trinajstić information content (AvgIpc) is 2.41. The molecule has 0 spiro atoms. The van der Waals surface area contributed by atoms with E-state index in [-0.39, 0.29) is 6.10 Å². The number of ether oxygens (including phenoxy) is 1. The first-order chi connectivity index (χ1) is 9.06. The van der Waals surface area contributed by atoms with Crippen LogP contribution in [0.1, 0.15) is 33.1 Å². The summed E-state index contributed by atoms with van der Waals surface area (Å²) >= 11 is 0. The van der Waals surface area contributed by atoms with Crippen molar-refractivity contribution in [3.8, 4) is 0 Å². The molecule has 0 aromatic carbocycles. The third-order valence-corrected chi connectivity index (χ3v) is 4.49. The summed E-state index contributed by atoms with van der Waals surface area (Å²) in [5.41, 5.74) is 0. The molecule has 0 aromatic rings. The van der Waals surface area contributed by atoms with Gasteiger partial charge >= 0.3 is 0 Å². The molecule has 2 aliphatic rings. The van der Waals surface area contributed by atoms with Crippen LogP contribution in [0.3, 0.4) is 0 Å². The molecular formula is C15H28N2O2. The van der Waals surface area contributed by atoms with Gasteiger partial charge in [0.15, 0.2) is 0 Å². The molecule has 1 amide bonds. The molecule has 4 heteroatoms. The third-order valence-electron chi connectivity index (χ3n) is 4.49. The Kier molecular flexibility index (Phi) is 5.22. The Morgan fingerprint density at radius 2 is 1.95 bits per heavy atom. The number of amides is 1. The van der Waals surface area contributed by atoms with Crippen LogP contribution in [0.5, 0.6) is 0 Å². The second kappa shape index (κ2) is 6.71. The number of morpholine rings is 1. The van der Waals surface area contributed by atoms with E-state index in [2.05, 4.69) is 25.8 Å². The minimum atomic E-state index is 0.218. The van der Waals surface area contributed by atoms with Gasteiger partial charge in [0.2, 0.25) is 5.91 Å². The van der Waals surface area contributed by atoms with E-state index in [0.29, 0.717) is 24.3 Å². The lowest BCUT2D eigenvalue weighted by Gasteiger charge is -2.36. The molecule has 0 radical (unpaired) electrons. The van der Waals surface area contributed by atoms with Crippen LogP contribution in [-0.2, 0) is 9.53 Å². The van der Waals surface area contributed by atoms with Crippen LogP contribution in [0, 0.1) is 11.8 Å². The number of nitrogens with zero attached hydrogens (tertiary/aromatic N) is 2. The molecular weight excluding hydrogens is 240 g/mol. The van der Waals surface area contributed by atoms with Gasteiger partial charge in [-0.05, 0) is 44.8 Å². The van der Waals surface area contributed by atoms with Gasteiger partial charge in [-0.25, -0.2) is 0 Å². The Balaban J connectivity index is 1.79. The van der Waals surface area contributed by atoms with Gasteiger partial charge in [-0.1, -0.05) is 13.8 Å². The predicted molar refractivity (Wildman–Crippen MR) is 76.0 cm³/mol. The largest absolute Gasteiger partial charge is 0.374 e. The molecule has 2 heterocycles. The maximum absolute atomic E-state index is 12.4. The maximum Gasteiger partial charge on any atom is 0.223 e. The lowest BCUT2D eigenvalue weighted by Crippen LogP contribution is -2.48. The highest BCUT2D eigenvalue weighted by atomic mass is 16.5. The van der Waals surface area contributed by atoms with Gasteiger partial charge in [0.25, 0.3) is 0 Å². The summed E-state index contributed by atoms with van der Waals surface area (Å²) in [6, 6.07) is 0. The summed E-state index contributed by atoms with van der Waals surface area (Å²) in [6.45, 7) is 8.84. The van der Waals surface area contributed by atoms with Crippen LogP contribution >= 0.6 is 0 Å². The Morgan fingerprint density at radius 3 is 2.58 bits per heavy atom. The second-order valence-electron chi connectivity index (χ2n) is 6.44. The summed E-state index contributed by atoms with van der Waals surface area (Å²) in [5, 5.41) is 0. The van der Waals surface area contributed by atoms with Crippen LogP contribution in [0.25, 0.3) is 0 Å². The molecule has 0 aliphatic carbocycles. The molecule has 1 unspecified atom stereocenters. The molecule has 2 rings (SSSR count). The fraction of sp³-hybridized carbons (Fsp3) is 0.933. The molecule has 2 fully saturated rings. The van der Waals surface area contributed by atoms with Crippen molar-refractivity contribution in [2.24, 2.45) is 11.8 Å². The number of rotatable bonds is 3. The molecule has 1 atom stereocenters. The molecule has 2 saturated heterocycles. The Morgan fingerprint density at radius 1 is 1.26 bits per heavy atom. The number of hydrogen-bond donors (Lipinski definition) is 0. The normalized spacial score (nSPS) is 26.9. The van der Waals surface area contributed by atoms with E-state index in [9.17, 15) is 4.79 Å². The molecule has 4 nitrogen and oxygen atoms in total. The summed E-state index contributed by atoms with van der Waals surface area (Å²) in [4.78, 5) is 16.7. The van der Waals surface area contributed by atoms with Crippen LogP contribution in [0.4, 0.5) is 0 Å². The molecule has 0 saturated carbocycles. The Labute approximate surface area is 117 Å². The van der Waals surface area contributed by atoms with E-state index in [4.69, 9.17) is 4.74 Å². The number of likely N-dealkylation sites (tertiary alicyclic amines) is 1. The SMILES string of the molecule is CC(C)C1CN(C(=O)CC2CCN(C)CC2)CCO1. The van der Waals surface area contributed by atoms with E-state index in [1.807, 2.05) is 4.90 Å². The van der Waals surface area contributed by atoms with Crippen LogP contribution < -0.4 is 0 Å². The fourth-order valence-electron chi connectivity index (χ4n) is 2.95. The van der Waals surface area contributed by atoms with E-state index in [1.165, 1.54) is 12.8 Å². The first-order valence-electron chi connectivity index (χ1n) is 7.64. The highest BCUT2D eigenvalue weighted by Crippen LogP contribution is 2.22. The standard InChI is InChI=1S/C15H28N2O2/c1-12(2)14-11-17(8-9-19-14)15(18)10-13-4-6-16(3)7-5-13/h12-14H,4-11H2,1-3H3. The fourth-order valence-corrected chi connectivity index (χ4v) is 2.95. The van der Waals surface area contributed by atoms with Gasteiger partial charge in [-0.3, -0.25) is 4.79 Å². The van der Waals surface area contributed by atoms with Crippen molar-refractivity contribution < 1.29 is 9.53 Å². The van der Waals surface area contributed by atoms with E-state index < -0.39 is 0 Å². The highest BCUT2D eigenvalue weighted by Gasteiger charge is 2.28. The minimum Gasteiger partial charge on any atom is -0.374 e. The zero-order chi connectivity index (χ0) is 13.8. The van der Waals surface area contributed by atoms with Crippen molar-refractivity contribution in [2.75, 3.05) is 39.8 Å². The zero-order valence-electron chi connectivity index (χ0n) is 12.6. The first kappa shape index (κ1) is 14.8. The summed E-state index contributed by atoms with van der Waals surface area (Å²) in [7, 11) is 2.16. The monoisotopic (exact) mass is 268 g/mol. The Bertz CT molecular complexity index is 299. The molecule has 0 bridgehead atoms. The van der Waals surface area contributed by atoms with E-state index in [1.54, 1.807) is 0 Å². The molecule has 0 N–H and O–H groups in total. The van der Waals surface area contributed by atoms with Gasteiger partial charge in [0.05, 0.1) is 12.7 Å². The van der Waals surface area contributed by atoms with Crippen molar-refractivity contribution in [2.45, 2.75) is 39.2 Å². The molecule has 0 aromatic heterocycles. The van der Waals surface area contributed by atoms with Crippen molar-refractivity contribution in [1.82, 2.24) is 9.80 Å². The topological polar surface area (TPSA) is 32.8 Å². The first-order valence-corrected chi connectivity index (χ1v) is 7.64. The van der Waals surface area contributed by atoms with Crippen molar-refractivity contribution in [3.05, 3.63) is 0 Å². The minimum absolute atomic E-state index is 0.218. The van der Waals surface area contributed by atoms with Crippen molar-refractivity contribution in [3.63, 3.8) is 0 Å². The molecule has 110 valence electrons. The quantitative estimate of drug-likeness (QED) is 0.779. The Hall–Kier alpha value is -0.610. The number of hydrogen-bond acceptors (Lipinski definition) is 3. The lowest BCUT2D eigenvalue weighted by molar-refractivity contribution is -0.141. The summed E-state index contributed by atoms with van der Waals surface area (Å²) in [6.07, 6.45) is 3.29. The van der Waals surface area contributed by atoms with Gasteiger partial charge in [-0.15, -0.1) is 0 Å². The van der Waals surface area contributed by atoms with Crippen LogP contribution in [0.2, 0.25) is 0 Å². The lowest BCUT2D eigenvalue weighted by atomic mass is 9.93. The van der Waals surface area contributed by atoms with E-state index >= 15 is 0 Å². The average molecular weight is 268 g/mol. The summed E-state index contributed by atoms with van der Waals surface area (Å²) < 4.78 is 5.72. The third kappa shape index (κ3) is 4.18. The predicted octanol–water partition coefficient (Wildman–Crippen LogP) is 1.60. The smallest absolute Gasteiger partial charge is 0.223 e. The molecule has 2 aliphatic heterocycles. The van der Waals surface area contributed by atoms with Gasteiger partial charge in [-0.2, -0.15) is 0 Å². The van der Waals surface area contributed by atoms with Gasteiger partial charge in [0, 0.05) is 19.5 Å². The van der Waals surface area contributed by atoms with Gasteiger partial charge in [0.1, 0.15) is 0 Å². The molecule has 19 heavy (non-hydrogen) atoms. The maximum atomic E-state index is 12.4. The van der Waals surface area contributed by atoms with Gasteiger partial charge < -0.3 is 14.5 Å². The van der Waals surface area contributed by atoms with E-state index in [0.717, 1.165) is 32.6 Å². The number of carbonyl (C=O) groups excluding carboxylic acids is 1. The van der Waals surface area contributed by atoms with Crippen molar-refractivity contribution >= 4 is 5.91 Å². The number of piperidine rings is 1. The second-order valence-corrected chi connectivity index (χ2v) is 6.44. The number of carbonyl (C=O) groups is 1.